The Morgan fingerprint density at radius 1 is 1.00 bits per heavy atom. The molecule has 0 radical (unpaired) electrons. The molecule has 0 unspecified atom stereocenters. The average molecular weight is 192 g/mol. The maximum absolute atomic E-state index is 11.0. The molecule has 1 aliphatic heterocycles. The van der Waals surface area contributed by atoms with Crippen molar-refractivity contribution in [1.82, 2.24) is 0 Å². The van der Waals surface area contributed by atoms with Crippen LogP contribution in [0, 0.1) is 6.92 Å². The second kappa shape index (κ2) is 4.05. The summed E-state index contributed by atoms with van der Waals surface area (Å²) in [5.74, 6) is -1.09. The topological polar surface area (TPSA) is 43.4 Å². The summed E-state index contributed by atoms with van der Waals surface area (Å²) in [4.78, 5) is 21.9. The molecule has 0 aliphatic carbocycles. The normalized spacial score (nSPS) is 12.8. The van der Waals surface area contributed by atoms with Crippen molar-refractivity contribution in [3.63, 3.8) is 0 Å². The third kappa shape index (κ3) is 1.66. The summed E-state index contributed by atoms with van der Waals surface area (Å²) >= 11 is 0. The molecule has 1 aromatic carbocycles. The van der Waals surface area contributed by atoms with E-state index >= 15 is 0 Å². The molecule has 74 valence electrons. The van der Waals surface area contributed by atoms with Crippen LogP contribution in [-0.4, -0.2) is 11.9 Å². The number of ether oxygens (including phenoxy) is 1. The van der Waals surface area contributed by atoms with Crippen LogP contribution in [0.3, 0.4) is 0 Å². The number of hydrogen-bond acceptors (Lipinski definition) is 3. The van der Waals surface area contributed by atoms with E-state index in [0.717, 1.165) is 5.56 Å². The molecule has 2 rings (SSSR count). The summed E-state index contributed by atoms with van der Waals surface area (Å²) < 4.78 is 4.41. The highest BCUT2D eigenvalue weighted by Crippen LogP contribution is 2.20. The van der Waals surface area contributed by atoms with Gasteiger partial charge in [-0.15, -0.1) is 0 Å². The van der Waals surface area contributed by atoms with Crippen LogP contribution in [0.5, 0.6) is 0 Å². The Morgan fingerprint density at radius 3 is 2.21 bits per heavy atom. The fourth-order valence-electron chi connectivity index (χ4n) is 1.20. The summed E-state index contributed by atoms with van der Waals surface area (Å²) in [6, 6.07) is 5.04. The summed E-state index contributed by atoms with van der Waals surface area (Å²) in [5, 5.41) is 0. The smallest absolute Gasteiger partial charge is 0.346 e. The Morgan fingerprint density at radius 2 is 1.57 bits per heavy atom. The Labute approximate surface area is 82.7 Å². The first kappa shape index (κ1) is 10.4. The van der Waals surface area contributed by atoms with Crippen molar-refractivity contribution >= 4 is 11.9 Å². The van der Waals surface area contributed by atoms with Crippen LogP contribution in [0.4, 0.5) is 0 Å². The zero-order valence-corrected chi connectivity index (χ0v) is 8.46. The Balaban J connectivity index is 0.000000461. The number of hydrogen-bond donors (Lipinski definition) is 0. The summed E-state index contributed by atoms with van der Waals surface area (Å²) in [5.41, 5.74) is 1.69. The van der Waals surface area contributed by atoms with Crippen molar-refractivity contribution in [3.8, 4) is 0 Å². The van der Waals surface area contributed by atoms with Crippen LogP contribution in [0.25, 0.3) is 0 Å². The number of carbonyl (C=O) groups is 2. The molecule has 3 heteroatoms. The van der Waals surface area contributed by atoms with E-state index in [-0.39, 0.29) is 0 Å². The lowest BCUT2D eigenvalue weighted by atomic mass is 10.1. The standard InChI is InChI=1S/C9H6O3.C2H6/c1-5-2-3-6-7(4-5)9(11)12-8(6)10;1-2/h2-4H,1H3;1-2H3. The van der Waals surface area contributed by atoms with Gasteiger partial charge in [0.1, 0.15) is 0 Å². The van der Waals surface area contributed by atoms with Gasteiger partial charge in [0.2, 0.25) is 0 Å². The highest BCUT2D eigenvalue weighted by Gasteiger charge is 2.28. The highest BCUT2D eigenvalue weighted by atomic mass is 16.6. The van der Waals surface area contributed by atoms with Crippen LogP contribution in [0.15, 0.2) is 18.2 Å². The fourth-order valence-corrected chi connectivity index (χ4v) is 1.20. The molecule has 0 fully saturated rings. The average Bonchev–Trinajstić information content (AvgIpc) is 2.46. The van der Waals surface area contributed by atoms with Crippen LogP contribution >= 0.6 is 0 Å². The molecule has 14 heavy (non-hydrogen) atoms. The number of rotatable bonds is 0. The molecule has 1 heterocycles. The maximum Gasteiger partial charge on any atom is 0.346 e. The van der Waals surface area contributed by atoms with Crippen molar-refractivity contribution in [2.75, 3.05) is 0 Å². The summed E-state index contributed by atoms with van der Waals surface area (Å²) in [6.45, 7) is 5.86. The van der Waals surface area contributed by atoms with Crippen LogP contribution in [0.2, 0.25) is 0 Å². The van der Waals surface area contributed by atoms with E-state index in [0.29, 0.717) is 11.1 Å². The molecule has 0 saturated heterocycles. The molecular weight excluding hydrogens is 180 g/mol. The van der Waals surface area contributed by atoms with E-state index in [1.54, 1.807) is 18.2 Å². The van der Waals surface area contributed by atoms with Crippen molar-refractivity contribution in [3.05, 3.63) is 34.9 Å². The van der Waals surface area contributed by atoms with Gasteiger partial charge in [0.05, 0.1) is 11.1 Å². The minimum absolute atomic E-state index is 0.366. The van der Waals surface area contributed by atoms with Gasteiger partial charge in [-0.25, -0.2) is 9.59 Å². The van der Waals surface area contributed by atoms with Crippen LogP contribution < -0.4 is 0 Å². The number of esters is 2. The minimum Gasteiger partial charge on any atom is -0.386 e. The van der Waals surface area contributed by atoms with Gasteiger partial charge in [-0.3, -0.25) is 0 Å². The molecule has 0 N–H and O–H groups in total. The second-order valence-electron chi connectivity index (χ2n) is 2.73. The molecular formula is C11H12O3. The van der Waals surface area contributed by atoms with Gasteiger partial charge in [-0.1, -0.05) is 25.5 Å². The van der Waals surface area contributed by atoms with E-state index in [2.05, 4.69) is 4.74 Å². The molecule has 3 nitrogen and oxygen atoms in total. The highest BCUT2D eigenvalue weighted by molar-refractivity contribution is 6.14. The number of fused-ring (bicyclic) bond motifs is 1. The lowest BCUT2D eigenvalue weighted by molar-refractivity contribution is 0.0444. The van der Waals surface area contributed by atoms with Gasteiger partial charge in [0, 0.05) is 0 Å². The third-order valence-corrected chi connectivity index (χ3v) is 1.80. The van der Waals surface area contributed by atoms with E-state index in [9.17, 15) is 9.59 Å². The molecule has 1 aromatic rings. The number of aryl methyl sites for hydroxylation is 1. The molecule has 0 saturated carbocycles. The van der Waals surface area contributed by atoms with E-state index < -0.39 is 11.9 Å². The maximum atomic E-state index is 11.0. The predicted octanol–water partition coefficient (Wildman–Crippen LogP) is 2.33. The lowest BCUT2D eigenvalue weighted by Gasteiger charge is -1.92. The van der Waals surface area contributed by atoms with Crippen molar-refractivity contribution < 1.29 is 14.3 Å². The quantitative estimate of drug-likeness (QED) is 0.468. The number of benzene rings is 1. The largest absolute Gasteiger partial charge is 0.386 e. The first-order chi connectivity index (χ1) is 6.68. The first-order valence-corrected chi connectivity index (χ1v) is 4.55. The summed E-state index contributed by atoms with van der Waals surface area (Å²) in [7, 11) is 0. The van der Waals surface area contributed by atoms with E-state index in [4.69, 9.17) is 0 Å². The predicted molar refractivity (Wildman–Crippen MR) is 52.3 cm³/mol. The molecule has 0 atom stereocenters. The lowest BCUT2D eigenvalue weighted by Crippen LogP contribution is -1.96. The monoisotopic (exact) mass is 192 g/mol. The Bertz CT molecular complexity index is 380. The van der Waals surface area contributed by atoms with Crippen LogP contribution in [-0.2, 0) is 4.74 Å². The van der Waals surface area contributed by atoms with Gasteiger partial charge >= 0.3 is 11.9 Å². The number of carbonyl (C=O) groups excluding carboxylic acids is 2. The zero-order valence-electron chi connectivity index (χ0n) is 8.46. The number of cyclic esters (lactones) is 2. The molecule has 0 aromatic heterocycles. The van der Waals surface area contributed by atoms with Gasteiger partial charge in [-0.2, -0.15) is 0 Å². The van der Waals surface area contributed by atoms with Crippen LogP contribution in [0.1, 0.15) is 40.1 Å². The van der Waals surface area contributed by atoms with Gasteiger partial charge in [0.15, 0.2) is 0 Å². The zero-order chi connectivity index (χ0) is 10.7. The van der Waals surface area contributed by atoms with E-state index in [1.807, 2.05) is 20.8 Å². The van der Waals surface area contributed by atoms with Gasteiger partial charge in [-0.05, 0) is 19.1 Å². The minimum atomic E-state index is -0.546. The van der Waals surface area contributed by atoms with Gasteiger partial charge in [0.25, 0.3) is 0 Å². The fraction of sp³-hybridized carbons (Fsp3) is 0.273. The molecule has 0 spiro atoms. The first-order valence-electron chi connectivity index (χ1n) is 4.55. The van der Waals surface area contributed by atoms with E-state index in [1.165, 1.54) is 0 Å². The molecule has 0 amide bonds. The Hall–Kier alpha value is -1.64. The Kier molecular flexibility index (Phi) is 3.02. The van der Waals surface area contributed by atoms with Gasteiger partial charge < -0.3 is 4.74 Å². The molecule has 1 aliphatic rings. The second-order valence-corrected chi connectivity index (χ2v) is 2.73. The third-order valence-electron chi connectivity index (χ3n) is 1.80. The molecule has 0 bridgehead atoms. The van der Waals surface area contributed by atoms with Crippen molar-refractivity contribution in [2.24, 2.45) is 0 Å². The SMILES string of the molecule is CC.Cc1ccc2c(c1)C(=O)OC2=O. The van der Waals surface area contributed by atoms with Crippen molar-refractivity contribution in [2.45, 2.75) is 20.8 Å². The summed E-state index contributed by atoms with van der Waals surface area (Å²) in [6.07, 6.45) is 0. The van der Waals surface area contributed by atoms with Crippen molar-refractivity contribution in [1.29, 1.82) is 0 Å².